The van der Waals surface area contributed by atoms with Crippen molar-refractivity contribution in [3.05, 3.63) is 47.5 Å². The van der Waals surface area contributed by atoms with Gasteiger partial charge < -0.3 is 5.32 Å². The Morgan fingerprint density at radius 2 is 1.71 bits per heavy atom. The molecule has 0 spiro atoms. The van der Waals surface area contributed by atoms with Crippen LogP contribution in [0.3, 0.4) is 0 Å². The Labute approximate surface area is 128 Å². The standard InChI is InChI=1S/C15H18FN2P.C2H6/c1-10-5-6-13(12(16)7-10)18-14-9-17-8-11(2)15(14)19(3)4;1-2/h5-9,18H,1-4H3;1-2H3. The zero-order chi connectivity index (χ0) is 16.0. The number of hydrogen-bond donors (Lipinski definition) is 1. The Morgan fingerprint density at radius 1 is 1.05 bits per heavy atom. The highest BCUT2D eigenvalue weighted by Gasteiger charge is 2.11. The summed E-state index contributed by atoms with van der Waals surface area (Å²) in [6.07, 6.45) is 3.62. The van der Waals surface area contributed by atoms with Gasteiger partial charge in [0.1, 0.15) is 5.82 Å². The maximum atomic E-state index is 13.9. The van der Waals surface area contributed by atoms with Crippen molar-refractivity contribution in [3.8, 4) is 0 Å². The summed E-state index contributed by atoms with van der Waals surface area (Å²) in [7, 11) is -0.274. The summed E-state index contributed by atoms with van der Waals surface area (Å²) < 4.78 is 13.9. The summed E-state index contributed by atoms with van der Waals surface area (Å²) >= 11 is 0. The molecule has 4 heteroatoms. The van der Waals surface area contributed by atoms with Gasteiger partial charge in [-0.2, -0.15) is 0 Å². The van der Waals surface area contributed by atoms with Crippen LogP contribution in [0.15, 0.2) is 30.6 Å². The van der Waals surface area contributed by atoms with Gasteiger partial charge in [0.05, 0.1) is 17.6 Å². The number of hydrogen-bond acceptors (Lipinski definition) is 2. The number of anilines is 2. The molecule has 0 unspecified atom stereocenters. The molecule has 0 atom stereocenters. The predicted octanol–water partition coefficient (Wildman–Crippen LogP) is 4.97. The first-order chi connectivity index (χ1) is 9.99. The van der Waals surface area contributed by atoms with Crippen molar-refractivity contribution < 1.29 is 4.39 Å². The molecule has 2 nitrogen and oxygen atoms in total. The van der Waals surface area contributed by atoms with Crippen LogP contribution in [0, 0.1) is 19.7 Å². The lowest BCUT2D eigenvalue weighted by Crippen LogP contribution is -2.12. The molecular formula is C17H24FN2P. The first kappa shape index (κ1) is 17.6. The Balaban J connectivity index is 0.00000106. The zero-order valence-electron chi connectivity index (χ0n) is 13.7. The Morgan fingerprint density at radius 3 is 2.29 bits per heavy atom. The van der Waals surface area contributed by atoms with Crippen molar-refractivity contribution in [1.29, 1.82) is 0 Å². The monoisotopic (exact) mass is 306 g/mol. The van der Waals surface area contributed by atoms with E-state index in [9.17, 15) is 4.39 Å². The largest absolute Gasteiger partial charge is 0.351 e. The second kappa shape index (κ2) is 8.09. The predicted molar refractivity (Wildman–Crippen MR) is 93.1 cm³/mol. The highest BCUT2D eigenvalue weighted by atomic mass is 31.1. The van der Waals surface area contributed by atoms with Crippen LogP contribution in [0.5, 0.6) is 0 Å². The van der Waals surface area contributed by atoms with E-state index in [0.717, 1.165) is 16.8 Å². The van der Waals surface area contributed by atoms with Crippen LogP contribution >= 0.6 is 7.92 Å². The normalized spacial score (nSPS) is 10.1. The van der Waals surface area contributed by atoms with Crippen LogP contribution in [-0.4, -0.2) is 18.3 Å². The van der Waals surface area contributed by atoms with E-state index >= 15 is 0 Å². The molecule has 1 N–H and O–H groups in total. The van der Waals surface area contributed by atoms with Crippen molar-refractivity contribution in [2.75, 3.05) is 18.6 Å². The van der Waals surface area contributed by atoms with E-state index in [4.69, 9.17) is 0 Å². The van der Waals surface area contributed by atoms with Gasteiger partial charge in [0.25, 0.3) is 0 Å². The van der Waals surface area contributed by atoms with Gasteiger partial charge in [-0.15, -0.1) is 0 Å². The van der Waals surface area contributed by atoms with E-state index in [2.05, 4.69) is 23.6 Å². The molecule has 0 saturated carbocycles. The fourth-order valence-corrected chi connectivity index (χ4v) is 3.47. The van der Waals surface area contributed by atoms with Gasteiger partial charge >= 0.3 is 0 Å². The molecule has 21 heavy (non-hydrogen) atoms. The second-order valence-corrected chi connectivity index (χ2v) is 7.09. The minimum atomic E-state index is -0.274. The minimum absolute atomic E-state index is 0.232. The van der Waals surface area contributed by atoms with Gasteiger partial charge in [-0.3, -0.25) is 4.98 Å². The summed E-state index contributed by atoms with van der Waals surface area (Å²) in [5.41, 5.74) is 3.46. The van der Waals surface area contributed by atoms with E-state index in [0.29, 0.717) is 5.69 Å². The SMILES string of the molecule is CC.Cc1ccc(Nc2cncc(C)c2P(C)C)c(F)c1. The number of halogens is 1. The first-order valence-corrected chi connectivity index (χ1v) is 9.37. The fourth-order valence-electron chi connectivity index (χ4n) is 2.11. The summed E-state index contributed by atoms with van der Waals surface area (Å²) in [5, 5.41) is 4.41. The number of pyridine rings is 1. The maximum Gasteiger partial charge on any atom is 0.146 e. The lowest BCUT2D eigenvalue weighted by molar-refractivity contribution is 0.631. The van der Waals surface area contributed by atoms with Gasteiger partial charge in [-0.05, 0) is 50.4 Å². The number of aromatic nitrogens is 1. The van der Waals surface area contributed by atoms with Crippen LogP contribution < -0.4 is 10.6 Å². The number of rotatable bonds is 3. The third-order valence-electron chi connectivity index (χ3n) is 2.94. The van der Waals surface area contributed by atoms with Crippen LogP contribution in [0.4, 0.5) is 15.8 Å². The van der Waals surface area contributed by atoms with E-state index in [1.54, 1.807) is 12.3 Å². The van der Waals surface area contributed by atoms with Gasteiger partial charge in [-0.25, -0.2) is 4.39 Å². The molecule has 1 aromatic heterocycles. The zero-order valence-corrected chi connectivity index (χ0v) is 14.6. The lowest BCUT2D eigenvalue weighted by Gasteiger charge is -2.17. The Kier molecular flexibility index (Phi) is 6.77. The third kappa shape index (κ3) is 4.50. The molecule has 0 radical (unpaired) electrons. The summed E-state index contributed by atoms with van der Waals surface area (Å²) in [6, 6.07) is 5.20. The molecule has 0 aliphatic carbocycles. The highest BCUT2D eigenvalue weighted by Crippen LogP contribution is 2.31. The van der Waals surface area contributed by atoms with Crippen molar-refractivity contribution in [1.82, 2.24) is 4.98 Å². The van der Waals surface area contributed by atoms with Crippen molar-refractivity contribution >= 4 is 24.6 Å². The Hall–Kier alpha value is -1.47. The third-order valence-corrected chi connectivity index (χ3v) is 4.43. The average Bonchev–Trinajstić information content (AvgIpc) is 2.44. The molecule has 1 aromatic carbocycles. The van der Waals surface area contributed by atoms with E-state index in [1.165, 1.54) is 11.4 Å². The molecule has 1 heterocycles. The van der Waals surface area contributed by atoms with Gasteiger partial charge in [0.15, 0.2) is 0 Å². The quantitative estimate of drug-likeness (QED) is 0.809. The highest BCUT2D eigenvalue weighted by molar-refractivity contribution is 7.64. The summed E-state index contributed by atoms with van der Waals surface area (Å²) in [5.74, 6) is -0.232. The lowest BCUT2D eigenvalue weighted by atomic mass is 10.2. The molecule has 0 fully saturated rings. The van der Waals surface area contributed by atoms with Gasteiger partial charge in [0, 0.05) is 11.5 Å². The minimum Gasteiger partial charge on any atom is -0.351 e. The fraction of sp³-hybridized carbons (Fsp3) is 0.353. The van der Waals surface area contributed by atoms with Gasteiger partial charge in [-0.1, -0.05) is 27.8 Å². The molecular weight excluding hydrogens is 282 g/mol. The molecule has 2 aromatic rings. The van der Waals surface area contributed by atoms with Crippen LogP contribution in [-0.2, 0) is 0 Å². The maximum absolute atomic E-state index is 13.9. The number of nitrogens with zero attached hydrogens (tertiary/aromatic N) is 1. The van der Waals surface area contributed by atoms with E-state index in [-0.39, 0.29) is 13.7 Å². The second-order valence-electron chi connectivity index (χ2n) is 4.86. The van der Waals surface area contributed by atoms with Crippen molar-refractivity contribution in [2.45, 2.75) is 27.7 Å². The van der Waals surface area contributed by atoms with E-state index < -0.39 is 0 Å². The van der Waals surface area contributed by atoms with Crippen LogP contribution in [0.25, 0.3) is 0 Å². The molecule has 0 amide bonds. The smallest absolute Gasteiger partial charge is 0.146 e. The van der Waals surface area contributed by atoms with Gasteiger partial charge in [0.2, 0.25) is 0 Å². The van der Waals surface area contributed by atoms with Crippen LogP contribution in [0.1, 0.15) is 25.0 Å². The Bertz CT molecular complexity index is 597. The number of aryl methyl sites for hydroxylation is 2. The van der Waals surface area contributed by atoms with Crippen molar-refractivity contribution in [3.63, 3.8) is 0 Å². The molecule has 0 aliphatic heterocycles. The van der Waals surface area contributed by atoms with Crippen molar-refractivity contribution in [2.24, 2.45) is 0 Å². The summed E-state index contributed by atoms with van der Waals surface area (Å²) in [4.78, 5) is 4.20. The van der Waals surface area contributed by atoms with E-state index in [1.807, 2.05) is 40.0 Å². The number of nitrogens with one attached hydrogen (secondary N) is 1. The number of benzene rings is 1. The average molecular weight is 306 g/mol. The molecule has 0 saturated heterocycles. The molecule has 114 valence electrons. The first-order valence-electron chi connectivity index (χ1n) is 7.14. The topological polar surface area (TPSA) is 24.9 Å². The molecule has 2 rings (SSSR count). The molecule has 0 aliphatic rings. The molecule has 0 bridgehead atoms. The van der Waals surface area contributed by atoms with Crippen LogP contribution in [0.2, 0.25) is 0 Å². The summed E-state index contributed by atoms with van der Waals surface area (Å²) in [6.45, 7) is 12.3.